The SMILES string of the molecule is Cc1ccc(N2CC(CNC(=O)c3ccc(Cl)cc3)CC2=O)cc1. The van der Waals surface area contributed by atoms with Crippen molar-refractivity contribution >= 4 is 29.1 Å². The lowest BCUT2D eigenvalue weighted by Gasteiger charge is -2.17. The van der Waals surface area contributed by atoms with Gasteiger partial charge in [-0.05, 0) is 43.3 Å². The van der Waals surface area contributed by atoms with Gasteiger partial charge < -0.3 is 10.2 Å². The molecule has 4 nitrogen and oxygen atoms in total. The van der Waals surface area contributed by atoms with Crippen molar-refractivity contribution in [2.24, 2.45) is 5.92 Å². The molecule has 1 N–H and O–H groups in total. The summed E-state index contributed by atoms with van der Waals surface area (Å²) in [7, 11) is 0. The Labute approximate surface area is 146 Å². The van der Waals surface area contributed by atoms with E-state index in [2.05, 4.69) is 5.32 Å². The van der Waals surface area contributed by atoms with E-state index in [1.165, 1.54) is 0 Å². The molecule has 2 amide bonds. The first-order chi connectivity index (χ1) is 11.5. The molecule has 1 saturated heterocycles. The lowest BCUT2D eigenvalue weighted by molar-refractivity contribution is -0.117. The van der Waals surface area contributed by atoms with E-state index in [4.69, 9.17) is 11.6 Å². The van der Waals surface area contributed by atoms with Crippen molar-refractivity contribution in [3.63, 3.8) is 0 Å². The molecule has 0 spiro atoms. The summed E-state index contributed by atoms with van der Waals surface area (Å²) in [4.78, 5) is 26.1. The average molecular weight is 343 g/mol. The standard InChI is InChI=1S/C19H19ClN2O2/c1-13-2-8-17(9-3-13)22-12-14(10-18(22)23)11-21-19(24)15-4-6-16(20)7-5-15/h2-9,14H,10-12H2,1H3,(H,21,24). The van der Waals surface area contributed by atoms with Crippen LogP contribution in [0.5, 0.6) is 0 Å². The number of rotatable bonds is 4. The Bertz CT molecular complexity index is 741. The summed E-state index contributed by atoms with van der Waals surface area (Å²) in [6.45, 7) is 3.13. The minimum Gasteiger partial charge on any atom is -0.352 e. The van der Waals surface area contributed by atoms with Gasteiger partial charge in [-0.15, -0.1) is 0 Å². The number of carbonyl (C=O) groups is 2. The summed E-state index contributed by atoms with van der Waals surface area (Å²) >= 11 is 5.82. The van der Waals surface area contributed by atoms with Gasteiger partial charge in [-0.3, -0.25) is 9.59 Å². The Kier molecular flexibility index (Phi) is 4.86. The number of hydrogen-bond acceptors (Lipinski definition) is 2. The van der Waals surface area contributed by atoms with Gasteiger partial charge in [0.2, 0.25) is 5.91 Å². The highest BCUT2D eigenvalue weighted by Crippen LogP contribution is 2.25. The van der Waals surface area contributed by atoms with E-state index in [1.807, 2.05) is 31.2 Å². The van der Waals surface area contributed by atoms with E-state index >= 15 is 0 Å². The maximum Gasteiger partial charge on any atom is 0.251 e. The molecule has 1 aliphatic rings. The number of halogens is 1. The van der Waals surface area contributed by atoms with Gasteiger partial charge in [0.05, 0.1) is 0 Å². The van der Waals surface area contributed by atoms with Crippen molar-refractivity contribution in [3.8, 4) is 0 Å². The second-order valence-corrected chi connectivity index (χ2v) is 6.56. The Morgan fingerprint density at radius 2 is 1.83 bits per heavy atom. The molecular weight excluding hydrogens is 324 g/mol. The Balaban J connectivity index is 1.57. The topological polar surface area (TPSA) is 49.4 Å². The van der Waals surface area contributed by atoms with Crippen molar-refractivity contribution in [3.05, 3.63) is 64.7 Å². The molecule has 1 aliphatic heterocycles. The summed E-state index contributed by atoms with van der Waals surface area (Å²) in [6, 6.07) is 14.7. The second-order valence-electron chi connectivity index (χ2n) is 6.13. The molecule has 0 radical (unpaired) electrons. The van der Waals surface area contributed by atoms with Crippen LogP contribution in [0.2, 0.25) is 5.02 Å². The maximum absolute atomic E-state index is 12.2. The summed E-state index contributed by atoms with van der Waals surface area (Å²) in [5.41, 5.74) is 2.65. The van der Waals surface area contributed by atoms with Crippen LogP contribution in [0.1, 0.15) is 22.3 Å². The maximum atomic E-state index is 12.2. The number of amides is 2. The Morgan fingerprint density at radius 3 is 2.50 bits per heavy atom. The molecule has 5 heteroatoms. The molecule has 124 valence electrons. The van der Waals surface area contributed by atoms with Crippen molar-refractivity contribution in [1.29, 1.82) is 0 Å². The van der Waals surface area contributed by atoms with Crippen LogP contribution in [0, 0.1) is 12.8 Å². The van der Waals surface area contributed by atoms with Crippen molar-refractivity contribution < 1.29 is 9.59 Å². The van der Waals surface area contributed by atoms with Crippen LogP contribution >= 0.6 is 11.6 Å². The van der Waals surface area contributed by atoms with E-state index in [-0.39, 0.29) is 17.7 Å². The largest absolute Gasteiger partial charge is 0.352 e. The van der Waals surface area contributed by atoms with Crippen LogP contribution in [-0.2, 0) is 4.79 Å². The highest BCUT2D eigenvalue weighted by atomic mass is 35.5. The first kappa shape index (κ1) is 16.5. The van der Waals surface area contributed by atoms with E-state index in [0.29, 0.717) is 30.1 Å². The van der Waals surface area contributed by atoms with Crippen molar-refractivity contribution in [1.82, 2.24) is 5.32 Å². The number of anilines is 1. The third kappa shape index (κ3) is 3.77. The first-order valence-corrected chi connectivity index (χ1v) is 8.31. The summed E-state index contributed by atoms with van der Waals surface area (Å²) in [6.07, 6.45) is 0.453. The van der Waals surface area contributed by atoms with E-state index < -0.39 is 0 Å². The second kappa shape index (κ2) is 7.05. The normalized spacial score (nSPS) is 17.2. The Hall–Kier alpha value is -2.33. The number of carbonyl (C=O) groups excluding carboxylic acids is 2. The average Bonchev–Trinajstić information content (AvgIpc) is 2.95. The highest BCUT2D eigenvalue weighted by molar-refractivity contribution is 6.30. The molecule has 0 aromatic heterocycles. The van der Waals surface area contributed by atoms with Gasteiger partial charge in [0.25, 0.3) is 5.91 Å². The molecule has 1 fully saturated rings. The van der Waals surface area contributed by atoms with E-state index in [1.54, 1.807) is 29.2 Å². The molecule has 2 aromatic carbocycles. The number of hydrogen-bond donors (Lipinski definition) is 1. The van der Waals surface area contributed by atoms with Crippen LogP contribution in [-0.4, -0.2) is 24.9 Å². The lowest BCUT2D eigenvalue weighted by Crippen LogP contribution is -2.31. The third-order valence-electron chi connectivity index (χ3n) is 4.21. The minimum atomic E-state index is -0.145. The minimum absolute atomic E-state index is 0.101. The zero-order valence-corrected chi connectivity index (χ0v) is 14.2. The van der Waals surface area contributed by atoms with E-state index in [9.17, 15) is 9.59 Å². The predicted octanol–water partition coefficient (Wildman–Crippen LogP) is 3.43. The van der Waals surface area contributed by atoms with Crippen LogP contribution in [0.4, 0.5) is 5.69 Å². The van der Waals surface area contributed by atoms with Gasteiger partial charge in [0.15, 0.2) is 0 Å². The molecule has 0 saturated carbocycles. The molecule has 0 bridgehead atoms. The molecule has 2 aromatic rings. The van der Waals surface area contributed by atoms with Crippen LogP contribution in [0.15, 0.2) is 48.5 Å². The van der Waals surface area contributed by atoms with Gasteiger partial charge in [0, 0.05) is 41.7 Å². The fraction of sp³-hybridized carbons (Fsp3) is 0.263. The van der Waals surface area contributed by atoms with Gasteiger partial charge in [-0.25, -0.2) is 0 Å². The predicted molar refractivity (Wildman–Crippen MR) is 95.4 cm³/mol. The number of nitrogens with one attached hydrogen (secondary N) is 1. The fourth-order valence-electron chi connectivity index (χ4n) is 2.83. The molecule has 24 heavy (non-hydrogen) atoms. The van der Waals surface area contributed by atoms with Crippen LogP contribution < -0.4 is 10.2 Å². The third-order valence-corrected chi connectivity index (χ3v) is 4.46. The highest BCUT2D eigenvalue weighted by Gasteiger charge is 2.30. The summed E-state index contributed by atoms with van der Waals surface area (Å²) < 4.78 is 0. The molecule has 1 heterocycles. The number of benzene rings is 2. The fourth-order valence-corrected chi connectivity index (χ4v) is 2.96. The number of nitrogens with zero attached hydrogens (tertiary/aromatic N) is 1. The zero-order valence-electron chi connectivity index (χ0n) is 13.5. The van der Waals surface area contributed by atoms with Crippen LogP contribution in [0.3, 0.4) is 0 Å². The van der Waals surface area contributed by atoms with Crippen molar-refractivity contribution in [2.75, 3.05) is 18.0 Å². The summed E-state index contributed by atoms with van der Waals surface area (Å²) in [5, 5.41) is 3.50. The zero-order chi connectivity index (χ0) is 17.1. The molecule has 0 aliphatic carbocycles. The summed E-state index contributed by atoms with van der Waals surface area (Å²) in [5.74, 6) is 0.0764. The van der Waals surface area contributed by atoms with Gasteiger partial charge in [0.1, 0.15) is 0 Å². The quantitative estimate of drug-likeness (QED) is 0.925. The smallest absolute Gasteiger partial charge is 0.251 e. The first-order valence-electron chi connectivity index (χ1n) is 7.94. The Morgan fingerprint density at radius 1 is 1.17 bits per heavy atom. The monoisotopic (exact) mass is 342 g/mol. The van der Waals surface area contributed by atoms with Crippen LogP contribution in [0.25, 0.3) is 0 Å². The van der Waals surface area contributed by atoms with Gasteiger partial charge >= 0.3 is 0 Å². The van der Waals surface area contributed by atoms with Crippen molar-refractivity contribution in [2.45, 2.75) is 13.3 Å². The molecular formula is C19H19ClN2O2. The molecule has 3 rings (SSSR count). The van der Waals surface area contributed by atoms with Gasteiger partial charge in [-0.1, -0.05) is 29.3 Å². The number of aryl methyl sites for hydroxylation is 1. The van der Waals surface area contributed by atoms with Gasteiger partial charge in [-0.2, -0.15) is 0 Å². The lowest BCUT2D eigenvalue weighted by atomic mass is 10.1. The van der Waals surface area contributed by atoms with E-state index in [0.717, 1.165) is 11.3 Å². The molecule has 1 unspecified atom stereocenters. The molecule has 1 atom stereocenters.